The predicted molar refractivity (Wildman–Crippen MR) is 79.0 cm³/mol. The molecule has 0 fully saturated rings. The Kier molecular flexibility index (Phi) is 5.18. The first kappa shape index (κ1) is 14.9. The van der Waals surface area contributed by atoms with Gasteiger partial charge in [-0.3, -0.25) is 0 Å². The maximum Gasteiger partial charge on any atom is 0.236 e. The SMILES string of the molecule is CN(C)CCNc1oc(COc2ccccc2)nc1C#N. The number of para-hydroxylation sites is 1. The van der Waals surface area contributed by atoms with Gasteiger partial charge < -0.3 is 19.4 Å². The third-order valence-electron chi connectivity index (χ3n) is 2.73. The van der Waals surface area contributed by atoms with Crippen LogP contribution in [0, 0.1) is 11.3 Å². The van der Waals surface area contributed by atoms with E-state index in [-0.39, 0.29) is 12.3 Å². The standard InChI is InChI=1S/C15H18N4O2/c1-19(2)9-8-17-15-13(10-16)18-14(21-15)11-20-12-6-4-3-5-7-12/h3-7,17H,8-9,11H2,1-2H3. The highest BCUT2D eigenvalue weighted by atomic mass is 16.5. The van der Waals surface area contributed by atoms with E-state index in [4.69, 9.17) is 14.4 Å². The fourth-order valence-electron chi connectivity index (χ4n) is 1.68. The van der Waals surface area contributed by atoms with Crippen LogP contribution in [0.4, 0.5) is 5.88 Å². The van der Waals surface area contributed by atoms with Crippen LogP contribution in [0.1, 0.15) is 11.6 Å². The quantitative estimate of drug-likeness (QED) is 0.840. The number of nitriles is 1. The predicted octanol–water partition coefficient (Wildman–Crippen LogP) is 2.10. The maximum absolute atomic E-state index is 9.06. The molecule has 0 unspecified atom stereocenters. The molecular weight excluding hydrogens is 268 g/mol. The Morgan fingerprint density at radius 3 is 2.76 bits per heavy atom. The molecule has 6 heteroatoms. The van der Waals surface area contributed by atoms with Gasteiger partial charge in [-0.05, 0) is 26.2 Å². The summed E-state index contributed by atoms with van der Waals surface area (Å²) < 4.78 is 11.1. The van der Waals surface area contributed by atoms with Gasteiger partial charge in [0.1, 0.15) is 11.8 Å². The first-order chi connectivity index (χ1) is 10.2. The minimum atomic E-state index is 0.189. The molecule has 6 nitrogen and oxygen atoms in total. The van der Waals surface area contributed by atoms with Crippen molar-refractivity contribution in [3.05, 3.63) is 41.9 Å². The first-order valence-corrected chi connectivity index (χ1v) is 6.65. The van der Waals surface area contributed by atoms with Crippen molar-refractivity contribution in [2.75, 3.05) is 32.5 Å². The number of anilines is 1. The summed E-state index contributed by atoms with van der Waals surface area (Å²) in [5.41, 5.74) is 0.250. The lowest BCUT2D eigenvalue weighted by Crippen LogP contribution is -2.20. The second-order valence-electron chi connectivity index (χ2n) is 4.73. The van der Waals surface area contributed by atoms with E-state index in [9.17, 15) is 0 Å². The topological polar surface area (TPSA) is 74.3 Å². The number of nitrogens with one attached hydrogen (secondary N) is 1. The zero-order valence-electron chi connectivity index (χ0n) is 12.2. The summed E-state index contributed by atoms with van der Waals surface area (Å²) in [6.07, 6.45) is 0. The van der Waals surface area contributed by atoms with E-state index in [1.165, 1.54) is 0 Å². The van der Waals surface area contributed by atoms with Crippen LogP contribution in [0.25, 0.3) is 0 Å². The summed E-state index contributed by atoms with van der Waals surface area (Å²) in [6.45, 7) is 1.70. The zero-order valence-corrected chi connectivity index (χ0v) is 12.2. The highest BCUT2D eigenvalue weighted by Crippen LogP contribution is 2.18. The lowest BCUT2D eigenvalue weighted by atomic mass is 10.3. The molecule has 0 aliphatic heterocycles. The Morgan fingerprint density at radius 1 is 1.33 bits per heavy atom. The molecule has 0 bridgehead atoms. The van der Waals surface area contributed by atoms with Gasteiger partial charge in [0.2, 0.25) is 17.5 Å². The molecule has 1 aromatic carbocycles. The Bertz CT molecular complexity index is 602. The van der Waals surface area contributed by atoms with Gasteiger partial charge in [0.05, 0.1) is 0 Å². The van der Waals surface area contributed by atoms with E-state index in [1.807, 2.05) is 55.4 Å². The number of benzene rings is 1. The normalized spacial score (nSPS) is 10.4. The molecule has 0 aliphatic carbocycles. The van der Waals surface area contributed by atoms with E-state index in [0.29, 0.717) is 18.3 Å². The van der Waals surface area contributed by atoms with E-state index < -0.39 is 0 Å². The first-order valence-electron chi connectivity index (χ1n) is 6.65. The van der Waals surface area contributed by atoms with E-state index in [0.717, 1.165) is 12.3 Å². The monoisotopic (exact) mass is 286 g/mol. The second kappa shape index (κ2) is 7.31. The molecule has 2 rings (SSSR count). The average molecular weight is 286 g/mol. The van der Waals surface area contributed by atoms with Gasteiger partial charge >= 0.3 is 0 Å². The van der Waals surface area contributed by atoms with Crippen molar-refractivity contribution in [3.63, 3.8) is 0 Å². The smallest absolute Gasteiger partial charge is 0.236 e. The summed E-state index contributed by atoms with van der Waals surface area (Å²) in [7, 11) is 3.96. The van der Waals surface area contributed by atoms with Crippen LogP contribution in [-0.4, -0.2) is 37.1 Å². The summed E-state index contributed by atoms with van der Waals surface area (Å²) in [5, 5.41) is 12.1. The van der Waals surface area contributed by atoms with E-state index in [2.05, 4.69) is 10.3 Å². The lowest BCUT2D eigenvalue weighted by Gasteiger charge is -2.09. The molecule has 0 aliphatic rings. The number of likely N-dealkylation sites (N-methyl/N-ethyl adjacent to an activating group) is 1. The van der Waals surface area contributed by atoms with Crippen molar-refractivity contribution in [2.24, 2.45) is 0 Å². The van der Waals surface area contributed by atoms with Crippen molar-refractivity contribution in [1.29, 1.82) is 5.26 Å². The van der Waals surface area contributed by atoms with Crippen molar-refractivity contribution in [2.45, 2.75) is 6.61 Å². The number of hydrogen-bond donors (Lipinski definition) is 1. The number of aromatic nitrogens is 1. The largest absolute Gasteiger partial charge is 0.484 e. The van der Waals surface area contributed by atoms with Crippen LogP contribution in [0.3, 0.4) is 0 Å². The molecule has 1 heterocycles. The Balaban J connectivity index is 1.95. The fourth-order valence-corrected chi connectivity index (χ4v) is 1.68. The Morgan fingerprint density at radius 2 is 2.10 bits per heavy atom. The molecular formula is C15H18N4O2. The average Bonchev–Trinajstić information content (AvgIpc) is 2.88. The zero-order chi connectivity index (χ0) is 15.1. The fraction of sp³-hybridized carbons (Fsp3) is 0.333. The van der Waals surface area contributed by atoms with E-state index >= 15 is 0 Å². The second-order valence-corrected chi connectivity index (χ2v) is 4.73. The number of hydrogen-bond acceptors (Lipinski definition) is 6. The summed E-state index contributed by atoms with van der Waals surface area (Å²) in [5.74, 6) is 1.50. The third kappa shape index (κ3) is 4.51. The van der Waals surface area contributed by atoms with Crippen LogP contribution in [-0.2, 0) is 6.61 Å². The Labute approximate surface area is 124 Å². The van der Waals surface area contributed by atoms with Gasteiger partial charge in [-0.15, -0.1) is 0 Å². The molecule has 0 saturated heterocycles. The van der Waals surface area contributed by atoms with Crippen LogP contribution < -0.4 is 10.1 Å². The highest BCUT2D eigenvalue weighted by molar-refractivity contribution is 5.45. The number of rotatable bonds is 7. The summed E-state index contributed by atoms with van der Waals surface area (Å²) >= 11 is 0. The van der Waals surface area contributed by atoms with Crippen molar-refractivity contribution in [3.8, 4) is 11.8 Å². The van der Waals surface area contributed by atoms with Gasteiger partial charge in [0.15, 0.2) is 6.61 Å². The van der Waals surface area contributed by atoms with Crippen molar-refractivity contribution in [1.82, 2.24) is 9.88 Å². The van der Waals surface area contributed by atoms with Crippen LogP contribution in [0.5, 0.6) is 5.75 Å². The molecule has 110 valence electrons. The van der Waals surface area contributed by atoms with Crippen LogP contribution >= 0.6 is 0 Å². The summed E-state index contributed by atoms with van der Waals surface area (Å²) in [6, 6.07) is 11.4. The third-order valence-corrected chi connectivity index (χ3v) is 2.73. The highest BCUT2D eigenvalue weighted by Gasteiger charge is 2.13. The Hall–Kier alpha value is -2.52. The molecule has 0 radical (unpaired) electrons. The summed E-state index contributed by atoms with van der Waals surface area (Å²) in [4.78, 5) is 6.15. The number of nitrogens with zero attached hydrogens (tertiary/aromatic N) is 3. The number of ether oxygens (including phenoxy) is 1. The minimum absolute atomic E-state index is 0.189. The molecule has 0 amide bonds. The van der Waals surface area contributed by atoms with Crippen LogP contribution in [0.2, 0.25) is 0 Å². The minimum Gasteiger partial charge on any atom is -0.484 e. The van der Waals surface area contributed by atoms with Gasteiger partial charge in [-0.2, -0.15) is 10.2 Å². The molecule has 0 spiro atoms. The van der Waals surface area contributed by atoms with Crippen molar-refractivity contribution >= 4 is 5.88 Å². The lowest BCUT2D eigenvalue weighted by molar-refractivity contribution is 0.264. The van der Waals surface area contributed by atoms with Gasteiger partial charge in [0, 0.05) is 13.1 Å². The van der Waals surface area contributed by atoms with E-state index in [1.54, 1.807) is 0 Å². The molecule has 0 saturated carbocycles. The number of oxazole rings is 1. The van der Waals surface area contributed by atoms with Gasteiger partial charge in [-0.25, -0.2) is 0 Å². The molecule has 2 aromatic rings. The van der Waals surface area contributed by atoms with Gasteiger partial charge in [0.25, 0.3) is 0 Å². The van der Waals surface area contributed by atoms with Crippen molar-refractivity contribution < 1.29 is 9.15 Å². The molecule has 1 N–H and O–H groups in total. The molecule has 0 atom stereocenters. The van der Waals surface area contributed by atoms with Crippen LogP contribution in [0.15, 0.2) is 34.7 Å². The van der Waals surface area contributed by atoms with Gasteiger partial charge in [-0.1, -0.05) is 18.2 Å². The molecule has 1 aromatic heterocycles. The molecule has 21 heavy (non-hydrogen) atoms. The maximum atomic E-state index is 9.06.